The second-order valence-corrected chi connectivity index (χ2v) is 4.07. The molecule has 5 heteroatoms. The quantitative estimate of drug-likeness (QED) is 0.284. The van der Waals surface area contributed by atoms with Gasteiger partial charge in [0, 0.05) is 25.8 Å². The molecule has 0 saturated heterocycles. The first-order valence-electron chi connectivity index (χ1n) is 6.20. The first-order chi connectivity index (χ1) is 8.20. The molecule has 0 atom stereocenters. The highest BCUT2D eigenvalue weighted by molar-refractivity contribution is 7.75. The van der Waals surface area contributed by atoms with E-state index in [2.05, 4.69) is 17.1 Å². The van der Waals surface area contributed by atoms with Crippen LogP contribution in [-0.2, 0) is 18.5 Å². The van der Waals surface area contributed by atoms with Crippen molar-refractivity contribution in [2.45, 2.75) is 58.3 Å². The van der Waals surface area contributed by atoms with Gasteiger partial charge in [0.05, 0.1) is 6.61 Å². The van der Waals surface area contributed by atoms with E-state index in [1.165, 1.54) is 0 Å². The van der Waals surface area contributed by atoms with Crippen molar-refractivity contribution < 1.29 is 18.5 Å². The lowest BCUT2D eigenvalue weighted by Gasteiger charge is -2.02. The van der Waals surface area contributed by atoms with Crippen molar-refractivity contribution in [1.29, 1.82) is 0 Å². The number of rotatable bonds is 10. The van der Waals surface area contributed by atoms with Crippen LogP contribution in [0.3, 0.4) is 0 Å². The van der Waals surface area contributed by atoms with Crippen LogP contribution in [0, 0.1) is 0 Å². The van der Waals surface area contributed by atoms with Gasteiger partial charge in [0.15, 0.2) is 0 Å². The Kier molecular flexibility index (Phi) is 11.3. The average molecular weight is 262 g/mol. The van der Waals surface area contributed by atoms with Crippen molar-refractivity contribution in [3.05, 3.63) is 0 Å². The van der Waals surface area contributed by atoms with E-state index in [4.69, 9.17) is 4.74 Å². The van der Waals surface area contributed by atoms with Gasteiger partial charge in [-0.25, -0.2) is 0 Å². The minimum absolute atomic E-state index is 0.107. The molecule has 0 aromatic carbocycles. The number of hydrogen-bond acceptors (Lipinski definition) is 5. The van der Waals surface area contributed by atoms with E-state index >= 15 is 0 Å². The Morgan fingerprint density at radius 3 is 1.82 bits per heavy atom. The lowest BCUT2D eigenvalue weighted by atomic mass is 10.1. The molecule has 0 spiro atoms. The van der Waals surface area contributed by atoms with E-state index in [9.17, 15) is 9.59 Å². The second kappa shape index (κ2) is 11.8. The molecule has 0 fully saturated rings. The molecule has 0 aliphatic carbocycles. The van der Waals surface area contributed by atoms with Crippen LogP contribution in [0.4, 0.5) is 0 Å². The van der Waals surface area contributed by atoms with Gasteiger partial charge in [0.1, 0.15) is 0 Å². The topological polar surface area (TPSA) is 52.6 Å². The lowest BCUT2D eigenvalue weighted by Crippen LogP contribution is -2.03. The fourth-order valence-corrected chi connectivity index (χ4v) is 1.62. The minimum Gasteiger partial charge on any atom is -0.466 e. The van der Waals surface area contributed by atoms with Gasteiger partial charge in [0.2, 0.25) is 0 Å². The zero-order valence-electron chi connectivity index (χ0n) is 10.4. The number of ether oxygens (including phenoxy) is 1. The maximum Gasteiger partial charge on any atom is 0.317 e. The highest BCUT2D eigenvalue weighted by Gasteiger charge is 2.02. The summed E-state index contributed by atoms with van der Waals surface area (Å²) in [5, 5.41) is 0. The monoisotopic (exact) mass is 262 g/mol. The van der Waals surface area contributed by atoms with E-state index < -0.39 is 0 Å². The number of hydrogen-bond donors (Lipinski definition) is 1. The van der Waals surface area contributed by atoms with Gasteiger partial charge in [-0.05, 0) is 19.8 Å². The predicted octanol–water partition coefficient (Wildman–Crippen LogP) is 3.06. The molecule has 4 nitrogen and oxygen atoms in total. The average Bonchev–Trinajstić information content (AvgIpc) is 2.32. The third-order valence-corrected chi connectivity index (χ3v) is 2.62. The number of thiol groups is 1. The van der Waals surface area contributed by atoms with Crippen LogP contribution in [0.1, 0.15) is 58.3 Å². The highest BCUT2D eigenvalue weighted by atomic mass is 32.1. The molecule has 0 N–H and O–H groups in total. The van der Waals surface area contributed by atoms with Crippen molar-refractivity contribution in [3.8, 4) is 0 Å². The van der Waals surface area contributed by atoms with Gasteiger partial charge in [-0.3, -0.25) is 9.59 Å². The summed E-state index contributed by atoms with van der Waals surface area (Å²) < 4.78 is 9.08. The molecular weight excluding hydrogens is 240 g/mol. The summed E-state index contributed by atoms with van der Waals surface area (Å²) >= 11 is 3.43. The fraction of sp³-hybridized carbons (Fsp3) is 0.833. The third-order valence-electron chi connectivity index (χ3n) is 2.42. The van der Waals surface area contributed by atoms with Gasteiger partial charge < -0.3 is 8.92 Å². The third kappa shape index (κ3) is 11.6. The van der Waals surface area contributed by atoms with Gasteiger partial charge in [0.25, 0.3) is 0 Å². The predicted molar refractivity (Wildman–Crippen MR) is 68.6 cm³/mol. The van der Waals surface area contributed by atoms with E-state index in [1.807, 2.05) is 6.92 Å². The number of esters is 1. The minimum atomic E-state index is -0.268. The molecule has 0 bridgehead atoms. The molecule has 17 heavy (non-hydrogen) atoms. The molecule has 0 aliphatic heterocycles. The van der Waals surface area contributed by atoms with Crippen LogP contribution in [0.5, 0.6) is 0 Å². The molecule has 0 unspecified atom stereocenters. The second-order valence-electron chi connectivity index (χ2n) is 3.89. The van der Waals surface area contributed by atoms with Crippen molar-refractivity contribution in [2.24, 2.45) is 0 Å². The summed E-state index contributed by atoms with van der Waals surface area (Å²) in [5.41, 5.74) is 0. The summed E-state index contributed by atoms with van der Waals surface area (Å²) in [6.45, 7) is 2.27. The van der Waals surface area contributed by atoms with Crippen LogP contribution in [0.2, 0.25) is 0 Å². The molecule has 0 radical (unpaired) electrons. The summed E-state index contributed by atoms with van der Waals surface area (Å²) in [4.78, 5) is 21.7. The van der Waals surface area contributed by atoms with Crippen LogP contribution in [0.25, 0.3) is 0 Å². The van der Waals surface area contributed by atoms with E-state index in [-0.39, 0.29) is 11.9 Å². The van der Waals surface area contributed by atoms with Gasteiger partial charge >= 0.3 is 11.9 Å². The first kappa shape index (κ1) is 16.3. The van der Waals surface area contributed by atoms with Crippen molar-refractivity contribution in [1.82, 2.24) is 0 Å². The molecule has 0 amide bonds. The zero-order chi connectivity index (χ0) is 12.9. The van der Waals surface area contributed by atoms with E-state index in [0.29, 0.717) is 19.4 Å². The molecule has 100 valence electrons. The van der Waals surface area contributed by atoms with Crippen LogP contribution < -0.4 is 0 Å². The van der Waals surface area contributed by atoms with Gasteiger partial charge in [-0.1, -0.05) is 25.7 Å². The molecule has 0 aromatic rings. The lowest BCUT2D eigenvalue weighted by molar-refractivity contribution is -0.143. The molecule has 0 rings (SSSR count). The van der Waals surface area contributed by atoms with E-state index in [1.54, 1.807) is 0 Å². The Labute approximate surface area is 109 Å². The summed E-state index contributed by atoms with van der Waals surface area (Å²) in [6.07, 6.45) is 6.91. The van der Waals surface area contributed by atoms with Crippen molar-refractivity contribution in [3.63, 3.8) is 0 Å². The van der Waals surface area contributed by atoms with Crippen LogP contribution >= 0.6 is 12.9 Å². The fourth-order valence-electron chi connectivity index (χ4n) is 1.52. The molecule has 0 aromatic heterocycles. The maximum atomic E-state index is 11.0. The Morgan fingerprint density at radius 1 is 0.882 bits per heavy atom. The zero-order valence-corrected chi connectivity index (χ0v) is 11.3. The summed E-state index contributed by atoms with van der Waals surface area (Å²) in [5.74, 6) is -0.375. The SMILES string of the molecule is CCOC(=O)CCCCCCCCC(=O)OS. The Bertz CT molecular complexity index is 219. The molecule has 0 saturated carbocycles. The first-order valence-corrected chi connectivity index (χ1v) is 6.57. The molecular formula is C12H22O4S. The van der Waals surface area contributed by atoms with Gasteiger partial charge in [-0.2, -0.15) is 0 Å². The van der Waals surface area contributed by atoms with Crippen molar-refractivity contribution >= 4 is 24.8 Å². The van der Waals surface area contributed by atoms with Crippen molar-refractivity contribution in [2.75, 3.05) is 6.61 Å². The largest absolute Gasteiger partial charge is 0.466 e. The molecule has 0 heterocycles. The Hall–Kier alpha value is -0.710. The Morgan fingerprint density at radius 2 is 1.35 bits per heavy atom. The van der Waals surface area contributed by atoms with Gasteiger partial charge in [-0.15, -0.1) is 0 Å². The standard InChI is InChI=1S/C12H22O4S/c1-2-15-11(13)9-7-5-3-4-6-8-10-12(14)16-17/h17H,2-10H2,1H3. The number of unbranched alkanes of at least 4 members (excludes halogenated alkanes) is 5. The number of carbonyl (C=O) groups is 2. The van der Waals surface area contributed by atoms with Crippen LogP contribution in [-0.4, -0.2) is 18.5 Å². The number of carbonyl (C=O) groups excluding carboxylic acids is 2. The van der Waals surface area contributed by atoms with E-state index in [0.717, 1.165) is 38.5 Å². The van der Waals surface area contributed by atoms with Crippen LogP contribution in [0.15, 0.2) is 0 Å². The highest BCUT2D eigenvalue weighted by Crippen LogP contribution is 2.09. The maximum absolute atomic E-state index is 11.0. The Balaban J connectivity index is 3.13. The normalized spacial score (nSPS) is 10.0. The summed E-state index contributed by atoms with van der Waals surface area (Å²) in [7, 11) is 0. The summed E-state index contributed by atoms with van der Waals surface area (Å²) in [6, 6.07) is 0. The molecule has 0 aliphatic rings. The smallest absolute Gasteiger partial charge is 0.317 e.